The quantitative estimate of drug-likeness (QED) is 0.681. The minimum absolute atomic E-state index is 0.0928. The first kappa shape index (κ1) is 15.5. The number of benzene rings is 2. The molecule has 3 nitrogen and oxygen atoms in total. The predicted molar refractivity (Wildman–Crippen MR) is 89.3 cm³/mol. The number of aryl methyl sites for hydroxylation is 2. The van der Waals surface area contributed by atoms with Crippen molar-refractivity contribution in [3.63, 3.8) is 0 Å². The van der Waals surface area contributed by atoms with Crippen LogP contribution in [0.3, 0.4) is 0 Å². The minimum Gasteiger partial charge on any atom is -0.321 e. The van der Waals surface area contributed by atoms with Crippen LogP contribution in [0.15, 0.2) is 48.0 Å². The molecule has 22 heavy (non-hydrogen) atoms. The molecule has 0 aliphatic rings. The van der Waals surface area contributed by atoms with Crippen molar-refractivity contribution in [1.82, 2.24) is 0 Å². The monoisotopic (exact) mass is 290 g/mol. The molecule has 0 unspecified atom stereocenters. The summed E-state index contributed by atoms with van der Waals surface area (Å²) in [5.74, 6) is -0.389. The smallest absolute Gasteiger partial charge is 0.266 e. The fourth-order valence-corrected chi connectivity index (χ4v) is 2.13. The zero-order valence-corrected chi connectivity index (χ0v) is 13.0. The molecule has 2 rings (SSSR count). The van der Waals surface area contributed by atoms with Crippen LogP contribution in [0.2, 0.25) is 0 Å². The summed E-state index contributed by atoms with van der Waals surface area (Å²) in [7, 11) is 0. The molecule has 0 radical (unpaired) electrons. The van der Waals surface area contributed by atoms with Gasteiger partial charge >= 0.3 is 0 Å². The molecule has 3 heteroatoms. The van der Waals surface area contributed by atoms with Gasteiger partial charge in [-0.3, -0.25) is 4.79 Å². The predicted octanol–water partition coefficient (Wildman–Crippen LogP) is 4.16. The summed E-state index contributed by atoms with van der Waals surface area (Å²) in [6, 6.07) is 15.3. The molecule has 2 aromatic rings. The van der Waals surface area contributed by atoms with E-state index < -0.39 is 0 Å². The second-order valence-corrected chi connectivity index (χ2v) is 5.23. The van der Waals surface area contributed by atoms with Crippen LogP contribution in [-0.4, -0.2) is 5.91 Å². The van der Waals surface area contributed by atoms with E-state index in [4.69, 9.17) is 0 Å². The van der Waals surface area contributed by atoms with Crippen molar-refractivity contribution in [3.05, 3.63) is 70.3 Å². The van der Waals surface area contributed by atoms with E-state index in [0.29, 0.717) is 0 Å². The van der Waals surface area contributed by atoms with E-state index in [-0.39, 0.29) is 11.5 Å². The van der Waals surface area contributed by atoms with Crippen LogP contribution in [0.4, 0.5) is 5.69 Å². The molecule has 0 spiro atoms. The molecule has 0 saturated heterocycles. The van der Waals surface area contributed by atoms with Crippen LogP contribution in [0, 0.1) is 32.1 Å². The first-order valence-corrected chi connectivity index (χ1v) is 7.08. The van der Waals surface area contributed by atoms with Crippen molar-refractivity contribution in [2.75, 3.05) is 5.32 Å². The van der Waals surface area contributed by atoms with Crippen LogP contribution >= 0.6 is 0 Å². The van der Waals surface area contributed by atoms with Crippen LogP contribution < -0.4 is 5.32 Å². The van der Waals surface area contributed by atoms with E-state index in [1.807, 2.05) is 69.3 Å². The highest BCUT2D eigenvalue weighted by Gasteiger charge is 2.11. The van der Waals surface area contributed by atoms with Gasteiger partial charge in [-0.05, 0) is 55.2 Å². The van der Waals surface area contributed by atoms with Crippen molar-refractivity contribution in [2.24, 2.45) is 0 Å². The number of carbonyl (C=O) groups excluding carboxylic acids is 1. The number of rotatable bonds is 3. The zero-order valence-electron chi connectivity index (χ0n) is 13.0. The van der Waals surface area contributed by atoms with Gasteiger partial charge < -0.3 is 5.32 Å². The summed E-state index contributed by atoms with van der Waals surface area (Å²) in [4.78, 5) is 12.3. The van der Waals surface area contributed by atoms with Gasteiger partial charge in [0.05, 0.1) is 0 Å². The third-order valence-corrected chi connectivity index (χ3v) is 3.71. The highest BCUT2D eigenvalue weighted by atomic mass is 16.1. The summed E-state index contributed by atoms with van der Waals surface area (Å²) in [5, 5.41) is 12.1. The van der Waals surface area contributed by atoms with E-state index >= 15 is 0 Å². The first-order valence-electron chi connectivity index (χ1n) is 7.08. The van der Waals surface area contributed by atoms with Crippen molar-refractivity contribution < 1.29 is 4.79 Å². The number of amides is 1. The Morgan fingerprint density at radius 3 is 2.41 bits per heavy atom. The third kappa shape index (κ3) is 3.42. The Kier molecular flexibility index (Phi) is 4.75. The molecular weight excluding hydrogens is 272 g/mol. The number of nitriles is 1. The maximum atomic E-state index is 12.3. The molecule has 0 saturated carbocycles. The number of hydrogen-bond acceptors (Lipinski definition) is 2. The van der Waals surface area contributed by atoms with Crippen molar-refractivity contribution in [1.29, 1.82) is 5.26 Å². The fraction of sp³-hybridized carbons (Fsp3) is 0.158. The third-order valence-electron chi connectivity index (χ3n) is 3.71. The Balaban J connectivity index is 2.29. The van der Waals surface area contributed by atoms with Crippen LogP contribution in [0.25, 0.3) is 6.08 Å². The van der Waals surface area contributed by atoms with E-state index in [9.17, 15) is 10.1 Å². The molecular formula is C19H18N2O. The van der Waals surface area contributed by atoms with Gasteiger partial charge in [-0.1, -0.05) is 36.4 Å². The van der Waals surface area contributed by atoms with E-state index in [0.717, 1.165) is 27.9 Å². The molecule has 2 aromatic carbocycles. The Hall–Kier alpha value is -2.86. The Morgan fingerprint density at radius 1 is 1.05 bits per heavy atom. The van der Waals surface area contributed by atoms with E-state index in [1.54, 1.807) is 6.08 Å². The molecule has 0 fully saturated rings. The summed E-state index contributed by atoms with van der Waals surface area (Å²) in [5.41, 5.74) is 4.82. The molecule has 110 valence electrons. The maximum Gasteiger partial charge on any atom is 0.266 e. The standard InChI is InChI=1S/C19H18N2O/c1-13-8-6-10-18(15(13)3)21-19(22)17(12-20)11-16-9-5-4-7-14(16)2/h4-11H,1-3H3,(H,21,22)/b17-11-. The lowest BCUT2D eigenvalue weighted by atomic mass is 10.1. The molecule has 1 amide bonds. The van der Waals surface area contributed by atoms with Gasteiger partial charge in [0.15, 0.2) is 0 Å². The van der Waals surface area contributed by atoms with Crippen molar-refractivity contribution >= 4 is 17.7 Å². The lowest BCUT2D eigenvalue weighted by molar-refractivity contribution is -0.112. The second kappa shape index (κ2) is 6.73. The molecule has 1 N–H and O–H groups in total. The average molecular weight is 290 g/mol. The SMILES string of the molecule is Cc1ccccc1/C=C(/C#N)C(=O)Nc1cccc(C)c1C. The van der Waals surface area contributed by atoms with Gasteiger partial charge in [0.2, 0.25) is 0 Å². The van der Waals surface area contributed by atoms with E-state index in [2.05, 4.69) is 5.32 Å². The zero-order chi connectivity index (χ0) is 16.1. The summed E-state index contributed by atoms with van der Waals surface area (Å²) in [6.45, 7) is 5.88. The van der Waals surface area contributed by atoms with Crippen LogP contribution in [-0.2, 0) is 4.79 Å². The van der Waals surface area contributed by atoms with Gasteiger partial charge in [0, 0.05) is 5.69 Å². The fourth-order valence-electron chi connectivity index (χ4n) is 2.13. The molecule has 0 aliphatic heterocycles. The number of hydrogen-bond donors (Lipinski definition) is 1. The van der Waals surface area contributed by atoms with Crippen LogP contribution in [0.5, 0.6) is 0 Å². The van der Waals surface area contributed by atoms with Crippen molar-refractivity contribution in [2.45, 2.75) is 20.8 Å². The molecule has 0 aromatic heterocycles. The normalized spacial score (nSPS) is 10.9. The Morgan fingerprint density at radius 2 is 1.73 bits per heavy atom. The highest BCUT2D eigenvalue weighted by molar-refractivity contribution is 6.10. The van der Waals surface area contributed by atoms with Crippen molar-refractivity contribution in [3.8, 4) is 6.07 Å². The topological polar surface area (TPSA) is 52.9 Å². The van der Waals surface area contributed by atoms with E-state index in [1.165, 1.54) is 0 Å². The molecule has 0 heterocycles. The van der Waals surface area contributed by atoms with Gasteiger partial charge in [-0.2, -0.15) is 5.26 Å². The Bertz CT molecular complexity index is 782. The average Bonchev–Trinajstić information content (AvgIpc) is 2.51. The van der Waals surface area contributed by atoms with Gasteiger partial charge in [-0.25, -0.2) is 0 Å². The summed E-state index contributed by atoms with van der Waals surface area (Å²) < 4.78 is 0. The summed E-state index contributed by atoms with van der Waals surface area (Å²) in [6.07, 6.45) is 1.62. The Labute approximate surface area is 130 Å². The van der Waals surface area contributed by atoms with Gasteiger partial charge in [0.1, 0.15) is 11.6 Å². The maximum absolute atomic E-state index is 12.3. The first-order chi connectivity index (χ1) is 10.5. The number of nitrogens with zero attached hydrogens (tertiary/aromatic N) is 1. The van der Waals surface area contributed by atoms with Gasteiger partial charge in [0.25, 0.3) is 5.91 Å². The van der Waals surface area contributed by atoms with Crippen LogP contribution in [0.1, 0.15) is 22.3 Å². The molecule has 0 aliphatic carbocycles. The largest absolute Gasteiger partial charge is 0.321 e. The number of nitrogens with one attached hydrogen (secondary N) is 1. The number of anilines is 1. The lowest BCUT2D eigenvalue weighted by Crippen LogP contribution is -2.14. The number of carbonyl (C=O) groups is 1. The molecule has 0 bridgehead atoms. The summed E-state index contributed by atoms with van der Waals surface area (Å²) >= 11 is 0. The second-order valence-electron chi connectivity index (χ2n) is 5.23. The molecule has 0 atom stereocenters. The minimum atomic E-state index is -0.389. The lowest BCUT2D eigenvalue weighted by Gasteiger charge is -2.10. The van der Waals surface area contributed by atoms with Gasteiger partial charge in [-0.15, -0.1) is 0 Å². The highest BCUT2D eigenvalue weighted by Crippen LogP contribution is 2.19.